The van der Waals surface area contributed by atoms with Crippen LogP contribution < -0.4 is 5.73 Å². The Hall–Kier alpha value is -1.67. The molecule has 0 radical (unpaired) electrons. The third-order valence-electron chi connectivity index (χ3n) is 3.52. The molecule has 0 aliphatic rings. The highest BCUT2D eigenvalue weighted by atomic mass is 19.1. The fraction of sp³-hybridized carbons (Fsp3) is 0.294. The van der Waals surface area contributed by atoms with Crippen LogP contribution in [0.5, 0.6) is 0 Å². The van der Waals surface area contributed by atoms with Gasteiger partial charge in [-0.1, -0.05) is 30.3 Å². The Morgan fingerprint density at radius 2 is 1.53 bits per heavy atom. The van der Waals surface area contributed by atoms with E-state index < -0.39 is 0 Å². The summed E-state index contributed by atoms with van der Waals surface area (Å²) >= 11 is 0. The molecule has 0 bridgehead atoms. The van der Waals surface area contributed by atoms with E-state index in [1.165, 1.54) is 28.8 Å². The van der Waals surface area contributed by atoms with E-state index in [0.717, 1.165) is 18.4 Å². The smallest absolute Gasteiger partial charge is 0.123 e. The number of aryl methyl sites for hydroxylation is 2. The summed E-state index contributed by atoms with van der Waals surface area (Å²) in [6.45, 7) is 4.24. The summed E-state index contributed by atoms with van der Waals surface area (Å²) in [6.07, 6.45) is 1.63. The van der Waals surface area contributed by atoms with Gasteiger partial charge in [0.15, 0.2) is 0 Å². The quantitative estimate of drug-likeness (QED) is 0.890. The van der Waals surface area contributed by atoms with Crippen molar-refractivity contribution in [3.8, 4) is 0 Å². The molecule has 2 aromatic rings. The number of hydrogen-bond acceptors (Lipinski definition) is 1. The van der Waals surface area contributed by atoms with Gasteiger partial charge in [-0.15, -0.1) is 0 Å². The lowest BCUT2D eigenvalue weighted by atomic mass is 9.94. The minimum Gasteiger partial charge on any atom is -0.327 e. The van der Waals surface area contributed by atoms with Crippen LogP contribution in [0.4, 0.5) is 4.39 Å². The minimum absolute atomic E-state index is 0.0604. The summed E-state index contributed by atoms with van der Waals surface area (Å²) in [6, 6.07) is 13.0. The van der Waals surface area contributed by atoms with Gasteiger partial charge in [0.05, 0.1) is 0 Å². The van der Waals surface area contributed by atoms with Gasteiger partial charge in [0.1, 0.15) is 5.82 Å². The number of benzene rings is 2. The first-order valence-electron chi connectivity index (χ1n) is 6.61. The molecule has 0 heterocycles. The molecule has 0 spiro atoms. The van der Waals surface area contributed by atoms with Gasteiger partial charge in [0.2, 0.25) is 0 Å². The molecule has 1 unspecified atom stereocenters. The maximum absolute atomic E-state index is 12.8. The molecule has 0 aliphatic carbocycles. The Labute approximate surface area is 114 Å². The number of rotatable bonds is 4. The van der Waals surface area contributed by atoms with Gasteiger partial charge >= 0.3 is 0 Å². The van der Waals surface area contributed by atoms with E-state index >= 15 is 0 Å². The summed E-state index contributed by atoms with van der Waals surface area (Å²) < 4.78 is 12.8. The van der Waals surface area contributed by atoms with Crippen molar-refractivity contribution in [3.63, 3.8) is 0 Å². The largest absolute Gasteiger partial charge is 0.327 e. The number of hydrogen-bond donors (Lipinski definition) is 1. The molecule has 2 N–H and O–H groups in total. The van der Waals surface area contributed by atoms with E-state index in [-0.39, 0.29) is 11.9 Å². The average molecular weight is 257 g/mol. The van der Waals surface area contributed by atoms with Gasteiger partial charge in [-0.25, -0.2) is 4.39 Å². The predicted molar refractivity (Wildman–Crippen MR) is 77.7 cm³/mol. The van der Waals surface area contributed by atoms with E-state index in [2.05, 4.69) is 32.0 Å². The second-order valence-electron chi connectivity index (χ2n) is 5.17. The van der Waals surface area contributed by atoms with Crippen LogP contribution in [0.25, 0.3) is 0 Å². The Kier molecular flexibility index (Phi) is 4.33. The first-order chi connectivity index (χ1) is 9.06. The molecular weight excluding hydrogens is 237 g/mol. The monoisotopic (exact) mass is 257 g/mol. The molecule has 2 rings (SSSR count). The predicted octanol–water partition coefficient (Wildman–Crippen LogP) is 3.56. The summed E-state index contributed by atoms with van der Waals surface area (Å²) in [5.74, 6) is -0.202. The van der Waals surface area contributed by atoms with Crippen LogP contribution in [0, 0.1) is 19.7 Å². The zero-order valence-electron chi connectivity index (χ0n) is 11.5. The van der Waals surface area contributed by atoms with Crippen LogP contribution in [0.2, 0.25) is 0 Å². The van der Waals surface area contributed by atoms with E-state index in [1.54, 1.807) is 12.1 Å². The maximum Gasteiger partial charge on any atom is 0.123 e. The van der Waals surface area contributed by atoms with Gasteiger partial charge in [-0.05, 0) is 61.1 Å². The van der Waals surface area contributed by atoms with Crippen molar-refractivity contribution in [1.82, 2.24) is 0 Å². The molecule has 0 amide bonds. The molecule has 100 valence electrons. The van der Waals surface area contributed by atoms with Crippen molar-refractivity contribution in [2.24, 2.45) is 5.73 Å². The lowest BCUT2D eigenvalue weighted by molar-refractivity contribution is 0.623. The highest BCUT2D eigenvalue weighted by molar-refractivity contribution is 5.34. The second kappa shape index (κ2) is 5.98. The van der Waals surface area contributed by atoms with Gasteiger partial charge < -0.3 is 5.73 Å². The molecule has 0 fully saturated rings. The van der Waals surface area contributed by atoms with Crippen molar-refractivity contribution in [2.75, 3.05) is 0 Å². The van der Waals surface area contributed by atoms with Crippen LogP contribution in [0.1, 0.15) is 22.3 Å². The van der Waals surface area contributed by atoms with Crippen LogP contribution in [0.15, 0.2) is 42.5 Å². The average Bonchev–Trinajstić information content (AvgIpc) is 2.37. The second-order valence-corrected chi connectivity index (χ2v) is 5.17. The minimum atomic E-state index is -0.202. The normalized spacial score (nSPS) is 12.4. The molecule has 2 heteroatoms. The Bertz CT molecular complexity index is 525. The number of nitrogens with two attached hydrogens (primary N) is 1. The molecule has 2 aromatic carbocycles. The standard InChI is InChI=1S/C17H20FN/c1-12-4-3-5-13(2)17(12)11-16(19)10-14-6-8-15(18)9-7-14/h3-9,16H,10-11,19H2,1-2H3. The zero-order valence-corrected chi connectivity index (χ0v) is 11.5. The Morgan fingerprint density at radius 1 is 0.947 bits per heavy atom. The maximum atomic E-state index is 12.8. The van der Waals surface area contributed by atoms with Crippen LogP contribution in [0.3, 0.4) is 0 Å². The van der Waals surface area contributed by atoms with Gasteiger partial charge in [0.25, 0.3) is 0 Å². The summed E-state index contributed by atoms with van der Waals surface area (Å²) in [7, 11) is 0. The summed E-state index contributed by atoms with van der Waals surface area (Å²) in [4.78, 5) is 0. The third-order valence-corrected chi connectivity index (χ3v) is 3.52. The molecule has 0 saturated carbocycles. The summed E-state index contributed by atoms with van der Waals surface area (Å²) in [5, 5.41) is 0. The highest BCUT2D eigenvalue weighted by Crippen LogP contribution is 2.16. The third kappa shape index (κ3) is 3.65. The van der Waals surface area contributed by atoms with Gasteiger partial charge in [0, 0.05) is 6.04 Å². The van der Waals surface area contributed by atoms with Crippen LogP contribution in [-0.2, 0) is 12.8 Å². The summed E-state index contributed by atoms with van der Waals surface area (Å²) in [5.41, 5.74) is 11.2. The molecule has 0 aromatic heterocycles. The van der Waals surface area contributed by atoms with Crippen LogP contribution >= 0.6 is 0 Å². The Morgan fingerprint density at radius 3 is 2.11 bits per heavy atom. The zero-order chi connectivity index (χ0) is 13.8. The van der Waals surface area contributed by atoms with Crippen LogP contribution in [-0.4, -0.2) is 6.04 Å². The van der Waals surface area contributed by atoms with Crippen molar-refractivity contribution >= 4 is 0 Å². The SMILES string of the molecule is Cc1cccc(C)c1CC(N)Cc1ccc(F)cc1. The lowest BCUT2D eigenvalue weighted by Gasteiger charge is -2.15. The van der Waals surface area contributed by atoms with Crippen molar-refractivity contribution in [2.45, 2.75) is 32.7 Å². The van der Waals surface area contributed by atoms with Crippen molar-refractivity contribution < 1.29 is 4.39 Å². The van der Waals surface area contributed by atoms with E-state index in [1.807, 2.05) is 0 Å². The van der Waals surface area contributed by atoms with E-state index in [0.29, 0.717) is 0 Å². The molecule has 0 saturated heterocycles. The number of halogens is 1. The molecule has 0 aliphatic heterocycles. The highest BCUT2D eigenvalue weighted by Gasteiger charge is 2.09. The van der Waals surface area contributed by atoms with Crippen molar-refractivity contribution in [3.05, 3.63) is 70.5 Å². The molecule has 1 atom stereocenters. The molecular formula is C17H20FN. The topological polar surface area (TPSA) is 26.0 Å². The first kappa shape index (κ1) is 13.8. The van der Waals surface area contributed by atoms with Crippen molar-refractivity contribution in [1.29, 1.82) is 0 Å². The Balaban J connectivity index is 2.05. The lowest BCUT2D eigenvalue weighted by Crippen LogP contribution is -2.26. The van der Waals surface area contributed by atoms with E-state index in [4.69, 9.17) is 5.73 Å². The fourth-order valence-corrected chi connectivity index (χ4v) is 2.43. The first-order valence-corrected chi connectivity index (χ1v) is 6.61. The van der Waals surface area contributed by atoms with Gasteiger partial charge in [-0.2, -0.15) is 0 Å². The van der Waals surface area contributed by atoms with Gasteiger partial charge in [-0.3, -0.25) is 0 Å². The molecule has 1 nitrogen and oxygen atoms in total. The molecule has 19 heavy (non-hydrogen) atoms. The van der Waals surface area contributed by atoms with E-state index in [9.17, 15) is 4.39 Å². The fourth-order valence-electron chi connectivity index (χ4n) is 2.43.